The van der Waals surface area contributed by atoms with Crippen LogP contribution >= 0.6 is 35.2 Å². The molecular formula is C20H24ClN3O2S2. The molecule has 28 heavy (non-hydrogen) atoms. The van der Waals surface area contributed by atoms with Gasteiger partial charge < -0.3 is 15.0 Å². The van der Waals surface area contributed by atoms with Crippen molar-refractivity contribution in [2.45, 2.75) is 19.9 Å². The van der Waals surface area contributed by atoms with Gasteiger partial charge in [-0.15, -0.1) is 11.3 Å². The number of nitrogens with zero attached hydrogens (tertiary/aromatic N) is 2. The zero-order valence-corrected chi connectivity index (χ0v) is 18.4. The van der Waals surface area contributed by atoms with Gasteiger partial charge in [-0.25, -0.2) is 4.79 Å². The number of ether oxygens (including phenoxy) is 1. The number of nitrogens with one attached hydrogen (secondary N) is 1. The topological polar surface area (TPSA) is 44.8 Å². The van der Waals surface area contributed by atoms with Gasteiger partial charge in [-0.3, -0.25) is 4.90 Å². The second-order valence-corrected chi connectivity index (χ2v) is 8.52. The lowest BCUT2D eigenvalue weighted by atomic mass is 10.2. The summed E-state index contributed by atoms with van der Waals surface area (Å²) in [5.41, 5.74) is 1.69. The third-order valence-corrected chi connectivity index (χ3v) is 6.69. The van der Waals surface area contributed by atoms with Gasteiger partial charge in [-0.05, 0) is 36.3 Å². The Labute approximate surface area is 180 Å². The highest BCUT2D eigenvalue weighted by atomic mass is 35.5. The van der Waals surface area contributed by atoms with Crippen LogP contribution in [0, 0.1) is 0 Å². The number of carbonyl (C=O) groups is 1. The van der Waals surface area contributed by atoms with Crippen molar-refractivity contribution >= 4 is 51.2 Å². The number of benzene rings is 1. The van der Waals surface area contributed by atoms with Gasteiger partial charge in [-0.2, -0.15) is 0 Å². The van der Waals surface area contributed by atoms with Crippen molar-refractivity contribution in [3.05, 3.63) is 51.4 Å². The molecule has 8 heteroatoms. The van der Waals surface area contributed by atoms with Crippen LogP contribution in [-0.2, 0) is 17.7 Å². The summed E-state index contributed by atoms with van der Waals surface area (Å²) in [4.78, 5) is 17.7. The van der Waals surface area contributed by atoms with Crippen LogP contribution in [0.5, 0.6) is 0 Å². The number of halogens is 1. The van der Waals surface area contributed by atoms with Gasteiger partial charge in [0.25, 0.3) is 0 Å². The fourth-order valence-electron chi connectivity index (χ4n) is 3.12. The fourth-order valence-corrected chi connectivity index (χ4v) is 4.65. The standard InChI is InChI=1S/C20H24ClN3O2S2/c1-3-15-12-16(19(25)26-2)18(28-15)22-20(27)24-10-8-23(9-11-24)13-14-6-4-5-7-17(14)21/h4-7,12H,3,8-11,13H2,1-2H3,(H,22,27). The molecule has 2 aromatic rings. The number of methoxy groups -OCH3 is 1. The maximum absolute atomic E-state index is 12.0. The molecule has 2 heterocycles. The van der Waals surface area contributed by atoms with Crippen LogP contribution in [0.4, 0.5) is 5.00 Å². The highest BCUT2D eigenvalue weighted by Gasteiger charge is 2.22. The minimum atomic E-state index is -0.342. The molecule has 0 spiro atoms. The van der Waals surface area contributed by atoms with E-state index in [4.69, 9.17) is 28.6 Å². The van der Waals surface area contributed by atoms with Crippen LogP contribution in [0.1, 0.15) is 27.7 Å². The third kappa shape index (κ3) is 5.03. The first-order valence-corrected chi connectivity index (χ1v) is 10.8. The van der Waals surface area contributed by atoms with E-state index in [1.807, 2.05) is 24.3 Å². The molecule has 1 aromatic heterocycles. The van der Waals surface area contributed by atoms with E-state index in [0.29, 0.717) is 10.7 Å². The normalized spacial score (nSPS) is 14.8. The van der Waals surface area contributed by atoms with Gasteiger partial charge >= 0.3 is 5.97 Å². The SMILES string of the molecule is CCc1cc(C(=O)OC)c(NC(=S)N2CCN(Cc3ccccc3Cl)CC2)s1. The Morgan fingerprint density at radius 3 is 2.64 bits per heavy atom. The van der Waals surface area contributed by atoms with E-state index in [9.17, 15) is 4.79 Å². The van der Waals surface area contributed by atoms with Gasteiger partial charge in [0.05, 0.1) is 12.7 Å². The molecular weight excluding hydrogens is 414 g/mol. The Bertz CT molecular complexity index is 848. The number of thiocarbonyl (C=S) groups is 1. The smallest absolute Gasteiger partial charge is 0.340 e. The molecule has 0 radical (unpaired) electrons. The number of piperazine rings is 1. The monoisotopic (exact) mass is 437 g/mol. The Hall–Kier alpha value is -1.67. The average molecular weight is 438 g/mol. The summed E-state index contributed by atoms with van der Waals surface area (Å²) in [6.45, 7) is 6.37. The van der Waals surface area contributed by atoms with Crippen molar-refractivity contribution in [3.63, 3.8) is 0 Å². The van der Waals surface area contributed by atoms with Gasteiger partial charge in [0.1, 0.15) is 5.00 Å². The summed E-state index contributed by atoms with van der Waals surface area (Å²) in [5.74, 6) is -0.342. The second-order valence-electron chi connectivity index (χ2n) is 6.59. The highest BCUT2D eigenvalue weighted by Crippen LogP contribution is 2.29. The average Bonchev–Trinajstić information content (AvgIpc) is 3.12. The van der Waals surface area contributed by atoms with E-state index in [1.165, 1.54) is 7.11 Å². The van der Waals surface area contributed by atoms with Crippen LogP contribution in [0.3, 0.4) is 0 Å². The highest BCUT2D eigenvalue weighted by molar-refractivity contribution is 7.80. The number of esters is 1. The summed E-state index contributed by atoms with van der Waals surface area (Å²) < 4.78 is 4.90. The lowest BCUT2D eigenvalue weighted by molar-refractivity contribution is 0.0602. The van der Waals surface area contributed by atoms with E-state index < -0.39 is 0 Å². The van der Waals surface area contributed by atoms with E-state index in [-0.39, 0.29) is 5.97 Å². The van der Waals surface area contributed by atoms with Crippen LogP contribution < -0.4 is 5.32 Å². The Morgan fingerprint density at radius 1 is 1.29 bits per heavy atom. The van der Waals surface area contributed by atoms with E-state index in [0.717, 1.165) is 59.6 Å². The zero-order valence-electron chi connectivity index (χ0n) is 16.0. The van der Waals surface area contributed by atoms with Gasteiger partial charge in [0.2, 0.25) is 0 Å². The minimum Gasteiger partial charge on any atom is -0.465 e. The maximum Gasteiger partial charge on any atom is 0.340 e. The lowest BCUT2D eigenvalue weighted by Crippen LogP contribution is -2.49. The van der Waals surface area contributed by atoms with Crippen LogP contribution in [0.25, 0.3) is 0 Å². The predicted octanol–water partition coefficient (Wildman–Crippen LogP) is 4.27. The number of hydrogen-bond donors (Lipinski definition) is 1. The minimum absolute atomic E-state index is 0.342. The summed E-state index contributed by atoms with van der Waals surface area (Å²) in [6.07, 6.45) is 0.865. The molecule has 0 amide bonds. The molecule has 150 valence electrons. The predicted molar refractivity (Wildman–Crippen MR) is 120 cm³/mol. The van der Waals surface area contributed by atoms with Crippen molar-refractivity contribution in [1.82, 2.24) is 9.80 Å². The van der Waals surface area contributed by atoms with Crippen molar-refractivity contribution in [3.8, 4) is 0 Å². The molecule has 0 saturated carbocycles. The first-order valence-electron chi connectivity index (χ1n) is 9.24. The Kier molecular flexibility index (Phi) is 7.29. The summed E-state index contributed by atoms with van der Waals surface area (Å²) in [5, 5.41) is 5.47. The number of rotatable bonds is 5. The zero-order chi connectivity index (χ0) is 20.1. The Balaban J connectivity index is 1.58. The number of thiophene rings is 1. The van der Waals surface area contributed by atoms with E-state index >= 15 is 0 Å². The molecule has 3 rings (SSSR count). The fraction of sp³-hybridized carbons (Fsp3) is 0.400. The first-order chi connectivity index (χ1) is 13.5. The summed E-state index contributed by atoms with van der Waals surface area (Å²) >= 11 is 13.4. The van der Waals surface area contributed by atoms with Gasteiger partial charge in [0, 0.05) is 42.6 Å². The molecule has 1 fully saturated rings. The Morgan fingerprint density at radius 2 is 2.00 bits per heavy atom. The van der Waals surface area contributed by atoms with Crippen molar-refractivity contribution in [1.29, 1.82) is 0 Å². The van der Waals surface area contributed by atoms with Gasteiger partial charge in [-0.1, -0.05) is 36.7 Å². The van der Waals surface area contributed by atoms with Crippen molar-refractivity contribution < 1.29 is 9.53 Å². The van der Waals surface area contributed by atoms with E-state index in [2.05, 4.69) is 28.1 Å². The van der Waals surface area contributed by atoms with Crippen molar-refractivity contribution in [2.24, 2.45) is 0 Å². The van der Waals surface area contributed by atoms with Gasteiger partial charge in [0.15, 0.2) is 5.11 Å². The molecule has 1 N–H and O–H groups in total. The van der Waals surface area contributed by atoms with Crippen LogP contribution in [-0.4, -0.2) is 54.2 Å². The molecule has 1 aliphatic heterocycles. The maximum atomic E-state index is 12.0. The number of aryl methyl sites for hydroxylation is 1. The van der Waals surface area contributed by atoms with Crippen LogP contribution in [0.15, 0.2) is 30.3 Å². The largest absolute Gasteiger partial charge is 0.465 e. The molecule has 0 atom stereocenters. The number of hydrogen-bond acceptors (Lipinski definition) is 5. The molecule has 1 aromatic carbocycles. The molecule has 5 nitrogen and oxygen atoms in total. The molecule has 0 aliphatic carbocycles. The molecule has 1 saturated heterocycles. The second kappa shape index (κ2) is 9.69. The summed E-state index contributed by atoms with van der Waals surface area (Å²) in [7, 11) is 1.39. The molecule has 0 bridgehead atoms. The quantitative estimate of drug-likeness (QED) is 0.556. The number of anilines is 1. The molecule has 1 aliphatic rings. The first kappa shape index (κ1) is 21.0. The number of carbonyl (C=O) groups excluding carboxylic acids is 1. The van der Waals surface area contributed by atoms with Crippen molar-refractivity contribution in [2.75, 3.05) is 38.6 Å². The third-order valence-electron chi connectivity index (χ3n) is 4.77. The summed E-state index contributed by atoms with van der Waals surface area (Å²) in [6, 6.07) is 9.84. The molecule has 0 unspecified atom stereocenters. The van der Waals surface area contributed by atoms with E-state index in [1.54, 1.807) is 11.3 Å². The lowest BCUT2D eigenvalue weighted by Gasteiger charge is -2.36. The van der Waals surface area contributed by atoms with Crippen LogP contribution in [0.2, 0.25) is 5.02 Å².